The van der Waals surface area contributed by atoms with Gasteiger partial charge in [0.2, 0.25) is 10.0 Å². The Morgan fingerprint density at radius 3 is 2.67 bits per heavy atom. The van der Waals surface area contributed by atoms with Gasteiger partial charge in [-0.25, -0.2) is 8.42 Å². The molecular formula is C12H24N2O3S. The lowest BCUT2D eigenvalue weighted by Crippen LogP contribution is -2.47. The fourth-order valence-electron chi connectivity index (χ4n) is 2.84. The van der Waals surface area contributed by atoms with Gasteiger partial charge in [-0.15, -0.1) is 0 Å². The molecule has 0 amide bonds. The number of sulfonamides is 1. The lowest BCUT2D eigenvalue weighted by atomic mass is 10.1. The summed E-state index contributed by atoms with van der Waals surface area (Å²) in [5, 5.41) is 3.29. The third kappa shape index (κ3) is 3.23. The van der Waals surface area contributed by atoms with Crippen LogP contribution in [0.2, 0.25) is 0 Å². The molecule has 2 aliphatic heterocycles. The van der Waals surface area contributed by atoms with Crippen LogP contribution in [0.15, 0.2) is 0 Å². The summed E-state index contributed by atoms with van der Waals surface area (Å²) in [4.78, 5) is 0. The zero-order valence-electron chi connectivity index (χ0n) is 11.3. The van der Waals surface area contributed by atoms with Crippen molar-refractivity contribution in [3.63, 3.8) is 0 Å². The topological polar surface area (TPSA) is 58.6 Å². The monoisotopic (exact) mass is 276 g/mol. The van der Waals surface area contributed by atoms with E-state index in [0.29, 0.717) is 6.61 Å². The Labute approximate surface area is 110 Å². The van der Waals surface area contributed by atoms with Gasteiger partial charge in [0.1, 0.15) is 0 Å². The van der Waals surface area contributed by atoms with Crippen LogP contribution in [-0.4, -0.2) is 56.9 Å². The van der Waals surface area contributed by atoms with Crippen LogP contribution >= 0.6 is 0 Å². The van der Waals surface area contributed by atoms with Gasteiger partial charge in [0.25, 0.3) is 0 Å². The van der Waals surface area contributed by atoms with Crippen molar-refractivity contribution >= 4 is 10.0 Å². The van der Waals surface area contributed by atoms with Crippen LogP contribution < -0.4 is 5.32 Å². The van der Waals surface area contributed by atoms with Crippen LogP contribution in [0.5, 0.6) is 0 Å². The number of rotatable bonds is 4. The first-order chi connectivity index (χ1) is 8.50. The van der Waals surface area contributed by atoms with Crippen molar-refractivity contribution in [1.29, 1.82) is 0 Å². The minimum absolute atomic E-state index is 0.00131. The van der Waals surface area contributed by atoms with Crippen LogP contribution in [0.3, 0.4) is 0 Å². The summed E-state index contributed by atoms with van der Waals surface area (Å²) >= 11 is 0. The Morgan fingerprint density at radius 1 is 1.33 bits per heavy atom. The first-order valence-electron chi connectivity index (χ1n) is 6.81. The largest absolute Gasteiger partial charge is 0.377 e. The summed E-state index contributed by atoms with van der Waals surface area (Å²) < 4.78 is 31.7. The molecule has 2 heterocycles. The van der Waals surface area contributed by atoms with Gasteiger partial charge in [-0.05, 0) is 32.7 Å². The van der Waals surface area contributed by atoms with Crippen LogP contribution in [0.1, 0.15) is 32.6 Å². The third-order valence-electron chi connectivity index (χ3n) is 4.07. The lowest BCUT2D eigenvalue weighted by Gasteiger charge is -2.29. The molecular weight excluding hydrogens is 252 g/mol. The standard InChI is InChI=1S/C12H24N2O3S/c1-10-12(6-8-17-10)14(2)18(15,16)9-11-5-3-4-7-13-11/h10-13H,3-9H2,1-2H3. The van der Waals surface area contributed by atoms with Crippen molar-refractivity contribution < 1.29 is 13.2 Å². The lowest BCUT2D eigenvalue weighted by molar-refractivity contribution is 0.102. The summed E-state index contributed by atoms with van der Waals surface area (Å²) in [5.41, 5.74) is 0. The van der Waals surface area contributed by atoms with Gasteiger partial charge in [-0.3, -0.25) is 0 Å². The van der Waals surface area contributed by atoms with Gasteiger partial charge in [0.05, 0.1) is 17.9 Å². The second-order valence-electron chi connectivity index (χ2n) is 5.37. The quantitative estimate of drug-likeness (QED) is 0.815. The van der Waals surface area contributed by atoms with Gasteiger partial charge in [-0.2, -0.15) is 4.31 Å². The molecule has 6 heteroatoms. The zero-order chi connectivity index (χ0) is 13.2. The summed E-state index contributed by atoms with van der Waals surface area (Å²) in [6, 6.07) is 0.113. The highest BCUT2D eigenvalue weighted by Gasteiger charge is 2.35. The Morgan fingerprint density at radius 2 is 2.11 bits per heavy atom. The fraction of sp³-hybridized carbons (Fsp3) is 1.00. The molecule has 3 atom stereocenters. The van der Waals surface area contributed by atoms with E-state index < -0.39 is 10.0 Å². The van der Waals surface area contributed by atoms with Gasteiger partial charge in [0, 0.05) is 19.7 Å². The van der Waals surface area contributed by atoms with Crippen LogP contribution in [0.25, 0.3) is 0 Å². The van der Waals surface area contributed by atoms with Crippen molar-refractivity contribution in [3.05, 3.63) is 0 Å². The third-order valence-corrected chi connectivity index (χ3v) is 6.04. The molecule has 0 aromatic carbocycles. The van der Waals surface area contributed by atoms with Gasteiger partial charge in [-0.1, -0.05) is 6.42 Å². The fourth-order valence-corrected chi connectivity index (χ4v) is 4.56. The predicted molar refractivity (Wildman–Crippen MR) is 71.0 cm³/mol. The Kier molecular flexibility index (Phi) is 4.64. The van der Waals surface area contributed by atoms with E-state index in [1.807, 2.05) is 6.92 Å². The van der Waals surface area contributed by atoms with E-state index in [0.717, 1.165) is 32.2 Å². The summed E-state index contributed by atoms with van der Waals surface area (Å²) in [5.74, 6) is 0.215. The van der Waals surface area contributed by atoms with E-state index in [1.54, 1.807) is 7.05 Å². The predicted octanol–water partition coefficient (Wildman–Crippen LogP) is 0.568. The Bertz CT molecular complexity index is 366. The molecule has 106 valence electrons. The second-order valence-corrected chi connectivity index (χ2v) is 7.45. The zero-order valence-corrected chi connectivity index (χ0v) is 12.1. The molecule has 0 saturated carbocycles. The Balaban J connectivity index is 1.96. The van der Waals surface area contributed by atoms with Crippen molar-refractivity contribution in [3.8, 4) is 0 Å². The van der Waals surface area contributed by atoms with Crippen LogP contribution in [0, 0.1) is 0 Å². The molecule has 2 fully saturated rings. The highest BCUT2D eigenvalue weighted by Crippen LogP contribution is 2.22. The first kappa shape index (κ1) is 14.2. The number of likely N-dealkylation sites (N-methyl/N-ethyl adjacent to an activating group) is 1. The molecule has 0 aromatic heterocycles. The van der Waals surface area contributed by atoms with Gasteiger partial charge >= 0.3 is 0 Å². The Hall–Kier alpha value is -0.170. The number of hydrogen-bond acceptors (Lipinski definition) is 4. The average molecular weight is 276 g/mol. The molecule has 0 bridgehead atoms. The van der Waals surface area contributed by atoms with Crippen molar-refractivity contribution in [2.75, 3.05) is 26.0 Å². The molecule has 0 spiro atoms. The second kappa shape index (κ2) is 5.86. The SMILES string of the molecule is CC1OCCC1N(C)S(=O)(=O)CC1CCCCN1. The molecule has 2 rings (SSSR count). The normalized spacial score (nSPS) is 34.1. The number of nitrogens with one attached hydrogen (secondary N) is 1. The molecule has 3 unspecified atom stereocenters. The highest BCUT2D eigenvalue weighted by atomic mass is 32.2. The number of hydrogen-bond donors (Lipinski definition) is 1. The molecule has 0 aliphatic carbocycles. The van der Waals surface area contributed by atoms with E-state index in [1.165, 1.54) is 4.31 Å². The molecule has 18 heavy (non-hydrogen) atoms. The maximum Gasteiger partial charge on any atom is 0.215 e. The minimum atomic E-state index is -3.19. The summed E-state index contributed by atoms with van der Waals surface area (Å²) in [7, 11) is -1.50. The van der Waals surface area contributed by atoms with Crippen molar-refractivity contribution in [1.82, 2.24) is 9.62 Å². The highest BCUT2D eigenvalue weighted by molar-refractivity contribution is 7.89. The van der Waals surface area contributed by atoms with Crippen molar-refractivity contribution in [2.24, 2.45) is 0 Å². The maximum absolute atomic E-state index is 12.4. The van der Waals surface area contributed by atoms with E-state index in [-0.39, 0.29) is 23.9 Å². The smallest absolute Gasteiger partial charge is 0.215 e. The maximum atomic E-state index is 12.4. The van der Waals surface area contributed by atoms with E-state index in [4.69, 9.17) is 4.74 Å². The van der Waals surface area contributed by atoms with Crippen molar-refractivity contribution in [2.45, 2.75) is 50.8 Å². The molecule has 0 aromatic rings. The van der Waals surface area contributed by atoms with E-state index in [9.17, 15) is 8.42 Å². The van der Waals surface area contributed by atoms with E-state index in [2.05, 4.69) is 5.32 Å². The summed E-state index contributed by atoms with van der Waals surface area (Å²) in [6.07, 6.45) is 4.04. The molecule has 2 saturated heterocycles. The molecule has 0 radical (unpaired) electrons. The molecule has 5 nitrogen and oxygen atoms in total. The number of nitrogens with zero attached hydrogens (tertiary/aromatic N) is 1. The first-order valence-corrected chi connectivity index (χ1v) is 8.42. The molecule has 1 N–H and O–H groups in total. The number of ether oxygens (including phenoxy) is 1. The van der Waals surface area contributed by atoms with E-state index >= 15 is 0 Å². The molecule has 2 aliphatic rings. The van der Waals surface area contributed by atoms with Crippen LogP contribution in [0.4, 0.5) is 0 Å². The average Bonchev–Trinajstić information content (AvgIpc) is 2.75. The number of piperidine rings is 1. The van der Waals surface area contributed by atoms with Gasteiger partial charge in [0.15, 0.2) is 0 Å². The minimum Gasteiger partial charge on any atom is -0.377 e. The van der Waals surface area contributed by atoms with Gasteiger partial charge < -0.3 is 10.1 Å². The summed E-state index contributed by atoms with van der Waals surface area (Å²) in [6.45, 7) is 3.54. The van der Waals surface area contributed by atoms with Crippen LogP contribution in [-0.2, 0) is 14.8 Å².